The van der Waals surface area contributed by atoms with E-state index in [2.05, 4.69) is 34.7 Å². The van der Waals surface area contributed by atoms with Crippen molar-refractivity contribution in [2.24, 2.45) is 5.92 Å². The van der Waals surface area contributed by atoms with E-state index < -0.39 is 0 Å². The zero-order chi connectivity index (χ0) is 19.7. The Hall–Kier alpha value is -1.90. The highest BCUT2D eigenvalue weighted by Gasteiger charge is 2.39. The van der Waals surface area contributed by atoms with Crippen molar-refractivity contribution in [2.75, 3.05) is 13.1 Å². The van der Waals surface area contributed by atoms with Crippen LogP contribution in [0.5, 0.6) is 0 Å². The molecule has 4 heterocycles. The predicted molar refractivity (Wildman–Crippen MR) is 110 cm³/mol. The fourth-order valence-corrected chi connectivity index (χ4v) is 5.46. The molecule has 3 unspecified atom stereocenters. The minimum Gasteiger partial charge on any atom is -0.341 e. The Morgan fingerprint density at radius 1 is 1.32 bits per heavy atom. The maximum absolute atomic E-state index is 13.0. The number of aryl methyl sites for hydroxylation is 1. The first-order valence-corrected chi connectivity index (χ1v) is 10.9. The van der Waals surface area contributed by atoms with E-state index in [4.69, 9.17) is 4.98 Å². The second-order valence-corrected chi connectivity index (χ2v) is 8.83. The Morgan fingerprint density at radius 3 is 2.75 bits per heavy atom. The van der Waals surface area contributed by atoms with Gasteiger partial charge in [-0.25, -0.2) is 20.4 Å². The maximum atomic E-state index is 13.0. The molecule has 2 aliphatic heterocycles. The van der Waals surface area contributed by atoms with Crippen LogP contribution in [-0.2, 0) is 4.79 Å². The normalized spacial score (nSPS) is 26.0. The van der Waals surface area contributed by atoms with Gasteiger partial charge in [-0.15, -0.1) is 11.3 Å². The van der Waals surface area contributed by atoms with E-state index in [9.17, 15) is 4.79 Å². The standard InChI is InChI=1S/C20H28N6OS/c1-4-15-12(2)17(25-24-15)20(27)26-9-6-14(7-10-26)19-23-13(3)18(28-19)16-5-8-21-11-22-16/h5,8,11-12,14-15,17,24-25H,4,6-7,9-10H2,1-3H3. The highest BCUT2D eigenvalue weighted by Crippen LogP contribution is 2.36. The van der Waals surface area contributed by atoms with Crippen molar-refractivity contribution in [3.05, 3.63) is 29.3 Å². The van der Waals surface area contributed by atoms with Crippen LogP contribution in [0.4, 0.5) is 0 Å². The lowest BCUT2D eigenvalue weighted by Gasteiger charge is -2.33. The van der Waals surface area contributed by atoms with Gasteiger partial charge >= 0.3 is 0 Å². The number of hydrogen-bond acceptors (Lipinski definition) is 7. The highest BCUT2D eigenvalue weighted by molar-refractivity contribution is 7.15. The van der Waals surface area contributed by atoms with Crippen LogP contribution in [0.2, 0.25) is 0 Å². The van der Waals surface area contributed by atoms with E-state index >= 15 is 0 Å². The zero-order valence-corrected chi connectivity index (χ0v) is 17.5. The average molecular weight is 401 g/mol. The Kier molecular flexibility index (Phi) is 5.70. The van der Waals surface area contributed by atoms with Crippen LogP contribution in [-0.4, -0.2) is 50.9 Å². The van der Waals surface area contributed by atoms with Crippen LogP contribution in [0.25, 0.3) is 10.6 Å². The second-order valence-electron chi connectivity index (χ2n) is 7.80. The third kappa shape index (κ3) is 3.68. The number of nitrogens with one attached hydrogen (secondary N) is 2. The summed E-state index contributed by atoms with van der Waals surface area (Å²) >= 11 is 1.73. The number of nitrogens with zero attached hydrogens (tertiary/aromatic N) is 4. The molecule has 3 atom stereocenters. The summed E-state index contributed by atoms with van der Waals surface area (Å²) in [6, 6.07) is 2.18. The first-order chi connectivity index (χ1) is 13.6. The molecule has 7 nitrogen and oxygen atoms in total. The summed E-state index contributed by atoms with van der Waals surface area (Å²) in [6.07, 6.45) is 6.30. The van der Waals surface area contributed by atoms with Gasteiger partial charge in [0.2, 0.25) is 5.91 Å². The number of amides is 1. The van der Waals surface area contributed by atoms with Crippen molar-refractivity contribution in [1.82, 2.24) is 30.7 Å². The van der Waals surface area contributed by atoms with Crippen molar-refractivity contribution in [3.8, 4) is 10.6 Å². The Bertz CT molecular complexity index is 817. The smallest absolute Gasteiger partial charge is 0.241 e. The molecule has 0 saturated carbocycles. The van der Waals surface area contributed by atoms with E-state index in [1.165, 1.54) is 5.01 Å². The summed E-state index contributed by atoms with van der Waals surface area (Å²) in [6.45, 7) is 7.95. The van der Waals surface area contributed by atoms with Crippen LogP contribution < -0.4 is 10.9 Å². The summed E-state index contributed by atoms with van der Waals surface area (Å²) in [5.74, 6) is 0.956. The number of hydrazine groups is 1. The molecule has 2 saturated heterocycles. The van der Waals surface area contributed by atoms with Gasteiger partial charge in [0.1, 0.15) is 12.4 Å². The summed E-state index contributed by atoms with van der Waals surface area (Å²) in [5, 5.41) is 1.17. The van der Waals surface area contributed by atoms with Gasteiger partial charge in [0.25, 0.3) is 0 Å². The van der Waals surface area contributed by atoms with E-state index in [1.807, 2.05) is 17.9 Å². The highest BCUT2D eigenvalue weighted by atomic mass is 32.1. The number of piperidine rings is 1. The second kappa shape index (κ2) is 8.23. The van der Waals surface area contributed by atoms with Gasteiger partial charge in [-0.1, -0.05) is 13.8 Å². The van der Waals surface area contributed by atoms with E-state index in [-0.39, 0.29) is 11.9 Å². The van der Waals surface area contributed by atoms with Gasteiger partial charge in [-0.05, 0) is 38.2 Å². The van der Waals surface area contributed by atoms with Gasteiger partial charge in [0, 0.05) is 31.2 Å². The van der Waals surface area contributed by atoms with Crippen LogP contribution in [0.1, 0.15) is 49.7 Å². The third-order valence-corrected chi connectivity index (χ3v) is 7.42. The number of carbonyl (C=O) groups excluding carboxylic acids is 1. The Morgan fingerprint density at radius 2 is 2.11 bits per heavy atom. The molecule has 0 aromatic carbocycles. The summed E-state index contributed by atoms with van der Waals surface area (Å²) in [7, 11) is 0. The molecule has 0 radical (unpaired) electrons. The molecule has 0 aliphatic carbocycles. The van der Waals surface area contributed by atoms with Crippen LogP contribution in [0.3, 0.4) is 0 Å². The lowest BCUT2D eigenvalue weighted by atomic mass is 9.92. The van der Waals surface area contributed by atoms with Crippen molar-refractivity contribution >= 4 is 17.2 Å². The molecular weight excluding hydrogens is 372 g/mol. The molecule has 2 aromatic heterocycles. The molecule has 8 heteroatoms. The average Bonchev–Trinajstić information content (AvgIpc) is 3.30. The summed E-state index contributed by atoms with van der Waals surface area (Å²) in [5.41, 5.74) is 8.44. The Balaban J connectivity index is 1.39. The number of rotatable bonds is 4. The minimum atomic E-state index is -0.118. The summed E-state index contributed by atoms with van der Waals surface area (Å²) in [4.78, 5) is 29.3. The fourth-order valence-electron chi connectivity index (χ4n) is 4.25. The fraction of sp³-hybridized carbons (Fsp3) is 0.600. The van der Waals surface area contributed by atoms with Crippen molar-refractivity contribution in [2.45, 2.75) is 58.0 Å². The maximum Gasteiger partial charge on any atom is 0.241 e. The van der Waals surface area contributed by atoms with Crippen molar-refractivity contribution in [3.63, 3.8) is 0 Å². The molecule has 0 spiro atoms. The van der Waals surface area contributed by atoms with Gasteiger partial charge in [0.15, 0.2) is 0 Å². The van der Waals surface area contributed by atoms with Crippen molar-refractivity contribution < 1.29 is 4.79 Å². The van der Waals surface area contributed by atoms with Gasteiger partial charge < -0.3 is 4.90 Å². The molecule has 2 aliphatic rings. The number of hydrogen-bond donors (Lipinski definition) is 2. The molecular formula is C20H28N6OS. The minimum absolute atomic E-state index is 0.118. The number of thiazole rings is 1. The molecule has 2 aromatic rings. The van der Waals surface area contributed by atoms with E-state index in [0.29, 0.717) is 17.9 Å². The number of aromatic nitrogens is 3. The Labute approximate surface area is 170 Å². The van der Waals surface area contributed by atoms with Gasteiger partial charge in [0.05, 0.1) is 21.3 Å². The van der Waals surface area contributed by atoms with Crippen LogP contribution >= 0.6 is 11.3 Å². The van der Waals surface area contributed by atoms with E-state index in [0.717, 1.165) is 48.6 Å². The molecule has 2 N–H and O–H groups in total. The monoisotopic (exact) mass is 400 g/mol. The third-order valence-electron chi connectivity index (χ3n) is 6.07. The molecule has 1 amide bonds. The quantitative estimate of drug-likeness (QED) is 0.821. The zero-order valence-electron chi connectivity index (χ0n) is 16.7. The predicted octanol–water partition coefficient (Wildman–Crippen LogP) is 2.51. The molecule has 0 bridgehead atoms. The first kappa shape index (κ1) is 19.4. The van der Waals surface area contributed by atoms with E-state index in [1.54, 1.807) is 23.9 Å². The number of likely N-dealkylation sites (tertiary alicyclic amines) is 1. The molecule has 2 fully saturated rings. The molecule has 4 rings (SSSR count). The molecule has 150 valence electrons. The SMILES string of the molecule is CCC1NNC(C(=O)N2CCC(c3nc(C)c(-c4ccncn4)s3)CC2)C1C. The van der Waals surface area contributed by atoms with Crippen LogP contribution in [0, 0.1) is 12.8 Å². The summed E-state index contributed by atoms with van der Waals surface area (Å²) < 4.78 is 0. The first-order valence-electron chi connectivity index (χ1n) is 10.1. The lowest BCUT2D eigenvalue weighted by Crippen LogP contribution is -2.49. The topological polar surface area (TPSA) is 83.0 Å². The van der Waals surface area contributed by atoms with Crippen LogP contribution in [0.15, 0.2) is 18.6 Å². The number of carbonyl (C=O) groups is 1. The largest absolute Gasteiger partial charge is 0.341 e. The van der Waals surface area contributed by atoms with Gasteiger partial charge in [-0.2, -0.15) is 0 Å². The van der Waals surface area contributed by atoms with Crippen molar-refractivity contribution in [1.29, 1.82) is 0 Å². The molecule has 28 heavy (non-hydrogen) atoms. The lowest BCUT2D eigenvalue weighted by molar-refractivity contribution is -0.135. The van der Waals surface area contributed by atoms with Gasteiger partial charge in [-0.3, -0.25) is 10.2 Å².